The highest BCUT2D eigenvalue weighted by Crippen LogP contribution is 1.91. The Morgan fingerprint density at radius 3 is 2.46 bits per heavy atom. The summed E-state index contributed by atoms with van der Waals surface area (Å²) in [4.78, 5) is 0. The number of hydrogen-bond acceptors (Lipinski definition) is 5. The molecule has 0 spiro atoms. The maximum Gasteiger partial charge on any atom is 0.264 e. The van der Waals surface area contributed by atoms with Gasteiger partial charge in [0.1, 0.15) is 6.10 Å². The fourth-order valence-electron chi connectivity index (χ4n) is 0.615. The van der Waals surface area contributed by atoms with Crippen LogP contribution in [0, 0.1) is 0 Å². The topological polar surface area (TPSA) is 104 Å². The molecule has 80 valence electrons. The van der Waals surface area contributed by atoms with Crippen LogP contribution in [0.25, 0.3) is 0 Å². The third-order valence-electron chi connectivity index (χ3n) is 1.21. The second-order valence-electron chi connectivity index (χ2n) is 2.55. The molecule has 0 aliphatic heterocycles. The summed E-state index contributed by atoms with van der Waals surface area (Å²) in [5.41, 5.74) is 0. The molecule has 0 saturated heterocycles. The van der Waals surface area contributed by atoms with Gasteiger partial charge < -0.3 is 14.9 Å². The van der Waals surface area contributed by atoms with Crippen molar-refractivity contribution in [3.05, 3.63) is 0 Å². The van der Waals surface area contributed by atoms with Crippen molar-refractivity contribution in [2.45, 2.75) is 12.5 Å². The van der Waals surface area contributed by atoms with Crippen LogP contribution >= 0.6 is 0 Å². The van der Waals surface area contributed by atoms with Gasteiger partial charge in [0, 0.05) is 6.61 Å². The normalized spacial score (nSPS) is 14.4. The summed E-state index contributed by atoms with van der Waals surface area (Å²) in [6.07, 6.45) is -0.775. The van der Waals surface area contributed by atoms with Gasteiger partial charge >= 0.3 is 0 Å². The van der Waals surface area contributed by atoms with Gasteiger partial charge in [-0.25, -0.2) is 0 Å². The van der Waals surface area contributed by atoms with Gasteiger partial charge in [-0.05, 0) is 6.42 Å². The SMILES string of the molecule is O=S(=O)(O)CCCOCC(O)CO. The van der Waals surface area contributed by atoms with Gasteiger partial charge in [-0.1, -0.05) is 0 Å². The third-order valence-corrected chi connectivity index (χ3v) is 2.02. The van der Waals surface area contributed by atoms with E-state index >= 15 is 0 Å². The molecule has 1 unspecified atom stereocenters. The van der Waals surface area contributed by atoms with Crippen molar-refractivity contribution < 1.29 is 27.9 Å². The summed E-state index contributed by atoms with van der Waals surface area (Å²) in [5.74, 6) is -0.359. The van der Waals surface area contributed by atoms with Crippen molar-refractivity contribution in [3.8, 4) is 0 Å². The fraction of sp³-hybridized carbons (Fsp3) is 1.00. The lowest BCUT2D eigenvalue weighted by molar-refractivity contribution is 0.00661. The molecule has 3 N–H and O–H groups in total. The first kappa shape index (κ1) is 12.8. The van der Waals surface area contributed by atoms with Crippen molar-refractivity contribution in [1.29, 1.82) is 0 Å². The molecule has 7 heteroatoms. The van der Waals surface area contributed by atoms with E-state index in [9.17, 15) is 8.42 Å². The van der Waals surface area contributed by atoms with Gasteiger partial charge in [-0.3, -0.25) is 4.55 Å². The van der Waals surface area contributed by atoms with Crippen LogP contribution in [0.4, 0.5) is 0 Å². The molecule has 0 aromatic heterocycles. The highest BCUT2D eigenvalue weighted by Gasteiger charge is 2.04. The minimum absolute atomic E-state index is 0.0397. The Morgan fingerprint density at radius 1 is 1.38 bits per heavy atom. The molecule has 0 aliphatic carbocycles. The maximum atomic E-state index is 10.2. The summed E-state index contributed by atoms with van der Waals surface area (Å²) in [5, 5.41) is 17.1. The van der Waals surface area contributed by atoms with E-state index in [1.165, 1.54) is 0 Å². The van der Waals surface area contributed by atoms with E-state index in [4.69, 9.17) is 19.5 Å². The minimum atomic E-state index is -3.92. The molecule has 0 rings (SSSR count). The first-order valence-electron chi connectivity index (χ1n) is 3.77. The quantitative estimate of drug-likeness (QED) is 0.357. The van der Waals surface area contributed by atoms with E-state index in [0.717, 1.165) is 0 Å². The van der Waals surface area contributed by atoms with Gasteiger partial charge in [0.05, 0.1) is 19.0 Å². The third kappa shape index (κ3) is 9.71. The van der Waals surface area contributed by atoms with Gasteiger partial charge in [-0.2, -0.15) is 8.42 Å². The van der Waals surface area contributed by atoms with E-state index < -0.39 is 22.8 Å². The minimum Gasteiger partial charge on any atom is -0.394 e. The fourth-order valence-corrected chi connectivity index (χ4v) is 1.10. The average Bonchev–Trinajstić information content (AvgIpc) is 2.01. The molecular weight excluding hydrogens is 200 g/mol. The van der Waals surface area contributed by atoms with Crippen LogP contribution in [0.3, 0.4) is 0 Å². The summed E-state index contributed by atoms with van der Waals surface area (Å²) in [6, 6.07) is 0. The standard InChI is InChI=1S/C6H14O6S/c7-4-6(8)5-12-2-1-3-13(9,10)11/h6-8H,1-5H2,(H,9,10,11). The van der Waals surface area contributed by atoms with Crippen molar-refractivity contribution in [2.24, 2.45) is 0 Å². The van der Waals surface area contributed by atoms with Gasteiger partial charge in [-0.15, -0.1) is 0 Å². The molecule has 0 heterocycles. The first-order chi connectivity index (χ1) is 5.95. The highest BCUT2D eigenvalue weighted by molar-refractivity contribution is 7.85. The van der Waals surface area contributed by atoms with Gasteiger partial charge in [0.15, 0.2) is 0 Å². The Balaban J connectivity index is 3.27. The summed E-state index contributed by atoms with van der Waals surface area (Å²) in [6.45, 7) is -0.308. The van der Waals surface area contributed by atoms with Crippen LogP contribution in [0.15, 0.2) is 0 Å². The highest BCUT2D eigenvalue weighted by atomic mass is 32.2. The second-order valence-corrected chi connectivity index (χ2v) is 4.12. The molecule has 0 aliphatic rings. The summed E-state index contributed by atoms with van der Waals surface area (Å²) < 4.78 is 33.5. The summed E-state index contributed by atoms with van der Waals surface area (Å²) >= 11 is 0. The van der Waals surface area contributed by atoms with Crippen LogP contribution in [0.1, 0.15) is 6.42 Å². The van der Waals surface area contributed by atoms with Crippen molar-refractivity contribution >= 4 is 10.1 Å². The Kier molecular flexibility index (Phi) is 6.17. The molecular formula is C6H14O6S. The monoisotopic (exact) mass is 214 g/mol. The van der Waals surface area contributed by atoms with Crippen molar-refractivity contribution in [2.75, 3.05) is 25.6 Å². The Labute approximate surface area is 76.9 Å². The number of hydrogen-bond donors (Lipinski definition) is 3. The molecule has 1 atom stereocenters. The molecule has 0 fully saturated rings. The van der Waals surface area contributed by atoms with Crippen LogP contribution in [-0.2, 0) is 14.9 Å². The molecule has 6 nitrogen and oxygen atoms in total. The van der Waals surface area contributed by atoms with Crippen LogP contribution < -0.4 is 0 Å². The lowest BCUT2D eigenvalue weighted by Crippen LogP contribution is -2.20. The lowest BCUT2D eigenvalue weighted by atomic mass is 10.4. The van der Waals surface area contributed by atoms with Crippen molar-refractivity contribution in [3.63, 3.8) is 0 Å². The molecule has 0 saturated carbocycles. The summed E-state index contributed by atoms with van der Waals surface area (Å²) in [7, 11) is -3.92. The number of aliphatic hydroxyl groups is 2. The van der Waals surface area contributed by atoms with E-state index in [0.29, 0.717) is 0 Å². The van der Waals surface area contributed by atoms with Crippen molar-refractivity contribution in [1.82, 2.24) is 0 Å². The average molecular weight is 214 g/mol. The smallest absolute Gasteiger partial charge is 0.264 e. The van der Waals surface area contributed by atoms with Crippen LogP contribution in [-0.4, -0.2) is 54.9 Å². The second kappa shape index (κ2) is 6.28. The number of ether oxygens (including phenoxy) is 1. The Bertz CT molecular complexity index is 211. The van der Waals surface area contributed by atoms with E-state index in [-0.39, 0.29) is 25.4 Å². The predicted molar refractivity (Wildman–Crippen MR) is 44.9 cm³/mol. The molecule has 0 aromatic rings. The van der Waals surface area contributed by atoms with Crippen LogP contribution in [0.2, 0.25) is 0 Å². The molecule has 13 heavy (non-hydrogen) atoms. The first-order valence-corrected chi connectivity index (χ1v) is 5.38. The molecule has 0 amide bonds. The van der Waals surface area contributed by atoms with Gasteiger partial charge in [0.2, 0.25) is 0 Å². The number of rotatable bonds is 7. The Hall–Kier alpha value is -0.210. The zero-order valence-corrected chi connectivity index (χ0v) is 7.90. The van der Waals surface area contributed by atoms with E-state index in [1.807, 2.05) is 0 Å². The van der Waals surface area contributed by atoms with E-state index in [1.54, 1.807) is 0 Å². The van der Waals surface area contributed by atoms with E-state index in [2.05, 4.69) is 0 Å². The zero-order chi connectivity index (χ0) is 10.3. The molecule has 0 radical (unpaired) electrons. The number of aliphatic hydroxyl groups excluding tert-OH is 2. The Morgan fingerprint density at radius 2 is 2.00 bits per heavy atom. The molecule has 0 bridgehead atoms. The zero-order valence-electron chi connectivity index (χ0n) is 7.09. The largest absolute Gasteiger partial charge is 0.394 e. The van der Waals surface area contributed by atoms with Gasteiger partial charge in [0.25, 0.3) is 10.1 Å². The maximum absolute atomic E-state index is 10.2. The predicted octanol–water partition coefficient (Wildman–Crippen LogP) is -1.37. The molecule has 0 aromatic carbocycles. The lowest BCUT2D eigenvalue weighted by Gasteiger charge is -2.07. The van der Waals surface area contributed by atoms with Crippen LogP contribution in [0.5, 0.6) is 0 Å².